The fourth-order valence-corrected chi connectivity index (χ4v) is 6.74. The first kappa shape index (κ1) is 31.4. The van der Waals surface area contributed by atoms with Crippen LogP contribution in [0.1, 0.15) is 43.5 Å². The minimum atomic E-state index is -0.675. The third-order valence-corrected chi connectivity index (χ3v) is 9.20. The molecule has 0 saturated heterocycles. The predicted octanol–water partition coefficient (Wildman–Crippen LogP) is 7.30. The summed E-state index contributed by atoms with van der Waals surface area (Å²) < 4.78 is 8.12. The van der Waals surface area contributed by atoms with Crippen molar-refractivity contribution in [2.45, 2.75) is 33.4 Å². The van der Waals surface area contributed by atoms with Crippen LogP contribution in [0.15, 0.2) is 81.7 Å². The van der Waals surface area contributed by atoms with Crippen LogP contribution in [0.5, 0.6) is 5.75 Å². The zero-order valence-corrected chi connectivity index (χ0v) is 27.4. The molecule has 0 unspecified atom stereocenters. The standard InChI is InChI=1S/C32H27Cl4N3O3S/c1-4-38(5-2)31(41)28-18(3)37-32-39(29(28)19-6-9-22(33)10-7-19)30(40)27(43-32)15-21-14-23(34)12-13-26(21)42-17-20-8-11-24(35)16-25(20)36/h6-16,29H,4-5,17H2,1-3H3/b27-15+/t29-/m1/s1. The van der Waals surface area contributed by atoms with Crippen LogP contribution in [-0.2, 0) is 11.4 Å². The second-order valence-electron chi connectivity index (χ2n) is 9.82. The first-order chi connectivity index (χ1) is 20.6. The van der Waals surface area contributed by atoms with Gasteiger partial charge in [-0.25, -0.2) is 4.99 Å². The molecule has 0 radical (unpaired) electrons. The Kier molecular flexibility index (Phi) is 9.69. The zero-order valence-electron chi connectivity index (χ0n) is 23.5. The van der Waals surface area contributed by atoms with Crippen LogP contribution in [-0.4, -0.2) is 28.5 Å². The maximum absolute atomic E-state index is 14.1. The number of allylic oxidation sites excluding steroid dienone is 1. The molecule has 0 N–H and O–H groups in total. The number of hydrogen-bond acceptors (Lipinski definition) is 5. The summed E-state index contributed by atoms with van der Waals surface area (Å²) in [6, 6.07) is 16.9. The van der Waals surface area contributed by atoms with Gasteiger partial charge in [0, 0.05) is 44.3 Å². The normalized spacial score (nSPS) is 14.9. The highest BCUT2D eigenvalue weighted by atomic mass is 35.5. The maximum Gasteiger partial charge on any atom is 0.271 e. The number of amides is 1. The summed E-state index contributed by atoms with van der Waals surface area (Å²) in [4.78, 5) is 34.8. The number of rotatable bonds is 8. The number of ether oxygens (including phenoxy) is 1. The Hall–Kier alpha value is -3.07. The summed E-state index contributed by atoms with van der Waals surface area (Å²) in [5, 5.41) is 2.06. The van der Waals surface area contributed by atoms with Crippen LogP contribution in [0.25, 0.3) is 6.08 Å². The Morgan fingerprint density at radius 2 is 1.63 bits per heavy atom. The van der Waals surface area contributed by atoms with Gasteiger partial charge in [0.1, 0.15) is 12.4 Å². The molecular formula is C32H27Cl4N3O3S. The minimum absolute atomic E-state index is 0.160. The number of thiazole rings is 1. The topological polar surface area (TPSA) is 63.9 Å². The van der Waals surface area contributed by atoms with Crippen molar-refractivity contribution in [3.05, 3.63) is 128 Å². The zero-order chi connectivity index (χ0) is 30.8. The second-order valence-corrected chi connectivity index (χ2v) is 12.5. The predicted molar refractivity (Wildman–Crippen MR) is 175 cm³/mol. The summed E-state index contributed by atoms with van der Waals surface area (Å²) in [6.07, 6.45) is 1.73. The van der Waals surface area contributed by atoms with Crippen LogP contribution >= 0.6 is 57.7 Å². The number of benzene rings is 3. The molecule has 1 aromatic heterocycles. The fourth-order valence-electron chi connectivity index (χ4n) is 4.94. The third kappa shape index (κ3) is 6.56. The molecule has 0 aliphatic carbocycles. The lowest BCUT2D eigenvalue weighted by Crippen LogP contribution is -2.43. The quantitative estimate of drug-likeness (QED) is 0.197. The van der Waals surface area contributed by atoms with Crippen LogP contribution < -0.4 is 19.6 Å². The van der Waals surface area contributed by atoms with E-state index in [4.69, 9.17) is 56.1 Å². The molecule has 1 amide bonds. The number of carbonyl (C=O) groups is 1. The molecule has 6 nitrogen and oxygen atoms in total. The Balaban J connectivity index is 1.62. The lowest BCUT2D eigenvalue weighted by Gasteiger charge is -2.29. The van der Waals surface area contributed by atoms with Crippen molar-refractivity contribution in [1.29, 1.82) is 0 Å². The molecule has 4 aromatic rings. The van der Waals surface area contributed by atoms with Gasteiger partial charge in [-0.05, 0) is 74.9 Å². The smallest absolute Gasteiger partial charge is 0.271 e. The molecule has 3 aromatic carbocycles. The van der Waals surface area contributed by atoms with Gasteiger partial charge < -0.3 is 9.64 Å². The van der Waals surface area contributed by atoms with E-state index < -0.39 is 6.04 Å². The first-order valence-electron chi connectivity index (χ1n) is 13.5. The molecule has 222 valence electrons. The number of nitrogens with zero attached hydrogens (tertiary/aromatic N) is 3. The highest BCUT2D eigenvalue weighted by Crippen LogP contribution is 2.32. The van der Waals surface area contributed by atoms with Gasteiger partial charge in [-0.15, -0.1) is 0 Å². The SMILES string of the molecule is CCN(CC)C(=O)C1=C(C)N=c2s/c(=C/c3cc(Cl)ccc3OCc3ccc(Cl)cc3Cl)c(=O)n2[C@@H]1c1ccc(Cl)cc1. The van der Waals surface area contributed by atoms with E-state index in [-0.39, 0.29) is 18.1 Å². The molecule has 0 fully saturated rings. The number of hydrogen-bond donors (Lipinski definition) is 0. The van der Waals surface area contributed by atoms with Gasteiger partial charge >= 0.3 is 0 Å². The lowest BCUT2D eigenvalue weighted by molar-refractivity contribution is -0.127. The minimum Gasteiger partial charge on any atom is -0.488 e. The fraction of sp³-hybridized carbons (Fsp3) is 0.219. The van der Waals surface area contributed by atoms with E-state index in [0.717, 1.165) is 11.1 Å². The Morgan fingerprint density at radius 3 is 2.30 bits per heavy atom. The second kappa shape index (κ2) is 13.3. The van der Waals surface area contributed by atoms with Crippen LogP contribution in [0.4, 0.5) is 0 Å². The largest absolute Gasteiger partial charge is 0.488 e. The molecule has 11 heteroatoms. The average molecular weight is 675 g/mol. The molecule has 1 aliphatic rings. The van der Waals surface area contributed by atoms with Gasteiger partial charge in [-0.1, -0.05) is 75.9 Å². The number of carbonyl (C=O) groups excluding carboxylic acids is 1. The van der Waals surface area contributed by atoms with Crippen molar-refractivity contribution in [1.82, 2.24) is 9.47 Å². The van der Waals surface area contributed by atoms with Crippen molar-refractivity contribution >= 4 is 69.7 Å². The van der Waals surface area contributed by atoms with E-state index in [9.17, 15) is 9.59 Å². The van der Waals surface area contributed by atoms with Crippen molar-refractivity contribution < 1.29 is 9.53 Å². The molecule has 1 aliphatic heterocycles. The van der Waals surface area contributed by atoms with E-state index in [1.807, 2.05) is 32.9 Å². The van der Waals surface area contributed by atoms with E-state index in [1.165, 1.54) is 11.3 Å². The molecule has 43 heavy (non-hydrogen) atoms. The van der Waals surface area contributed by atoms with Gasteiger partial charge in [-0.2, -0.15) is 0 Å². The van der Waals surface area contributed by atoms with Gasteiger partial charge in [-0.3, -0.25) is 14.2 Å². The van der Waals surface area contributed by atoms with Crippen molar-refractivity contribution in [3.8, 4) is 5.75 Å². The number of aromatic nitrogens is 1. The summed E-state index contributed by atoms with van der Waals surface area (Å²) in [5.74, 6) is 0.357. The van der Waals surface area contributed by atoms with Gasteiger partial charge in [0.25, 0.3) is 11.5 Å². The van der Waals surface area contributed by atoms with Gasteiger partial charge in [0.05, 0.1) is 21.8 Å². The molecule has 5 rings (SSSR count). The molecule has 0 spiro atoms. The summed E-state index contributed by atoms with van der Waals surface area (Å²) >= 11 is 26.2. The number of halogens is 4. The van der Waals surface area contributed by atoms with Crippen LogP contribution in [0, 0.1) is 0 Å². The van der Waals surface area contributed by atoms with E-state index in [2.05, 4.69) is 0 Å². The Morgan fingerprint density at radius 1 is 0.977 bits per heavy atom. The monoisotopic (exact) mass is 673 g/mol. The van der Waals surface area contributed by atoms with Crippen LogP contribution in [0.3, 0.4) is 0 Å². The van der Waals surface area contributed by atoms with Crippen molar-refractivity contribution in [3.63, 3.8) is 0 Å². The van der Waals surface area contributed by atoms with Crippen molar-refractivity contribution in [2.75, 3.05) is 13.1 Å². The summed E-state index contributed by atoms with van der Waals surface area (Å²) in [6.45, 7) is 6.91. The molecule has 0 saturated carbocycles. The molecule has 2 heterocycles. The highest BCUT2D eigenvalue weighted by molar-refractivity contribution is 7.07. The van der Waals surface area contributed by atoms with Gasteiger partial charge in [0.2, 0.25) is 0 Å². The highest BCUT2D eigenvalue weighted by Gasteiger charge is 2.34. The summed E-state index contributed by atoms with van der Waals surface area (Å²) in [7, 11) is 0. The van der Waals surface area contributed by atoms with E-state index >= 15 is 0 Å². The third-order valence-electron chi connectivity index (χ3n) is 7.15. The molecule has 0 bridgehead atoms. The number of fused-ring (bicyclic) bond motifs is 1. The number of likely N-dealkylation sites (N-methyl/N-ethyl adjacent to an activating group) is 1. The van der Waals surface area contributed by atoms with Crippen molar-refractivity contribution in [2.24, 2.45) is 4.99 Å². The van der Waals surface area contributed by atoms with Gasteiger partial charge in [0.15, 0.2) is 4.80 Å². The van der Waals surface area contributed by atoms with E-state index in [1.54, 1.807) is 64.1 Å². The Labute approximate surface area is 273 Å². The Bertz CT molecular complexity index is 1910. The first-order valence-corrected chi connectivity index (χ1v) is 15.9. The molecule has 1 atom stereocenters. The van der Waals surface area contributed by atoms with E-state index in [0.29, 0.717) is 65.1 Å². The maximum atomic E-state index is 14.1. The summed E-state index contributed by atoms with van der Waals surface area (Å²) in [5.41, 5.74) is 2.87. The molecular weight excluding hydrogens is 648 g/mol. The lowest BCUT2D eigenvalue weighted by atomic mass is 9.94. The average Bonchev–Trinajstić information content (AvgIpc) is 3.27. The van der Waals surface area contributed by atoms with Crippen LogP contribution in [0.2, 0.25) is 20.1 Å².